The van der Waals surface area contributed by atoms with Crippen molar-refractivity contribution in [1.82, 2.24) is 9.97 Å². The van der Waals surface area contributed by atoms with Crippen LogP contribution in [0.4, 0.5) is 5.82 Å². The largest absolute Gasteiger partial charge is 0.365 e. The van der Waals surface area contributed by atoms with Crippen molar-refractivity contribution in [2.24, 2.45) is 0 Å². The molecule has 3 aromatic rings. The molecule has 0 spiro atoms. The van der Waals surface area contributed by atoms with Gasteiger partial charge >= 0.3 is 0 Å². The van der Waals surface area contributed by atoms with E-state index in [0.717, 1.165) is 21.6 Å². The van der Waals surface area contributed by atoms with E-state index in [1.54, 1.807) is 23.7 Å². The number of hydrogen-bond acceptors (Lipinski definition) is 4. The molecule has 3 nitrogen and oxygen atoms in total. The molecule has 0 saturated carbocycles. The number of aromatic nitrogens is 2. The molecule has 1 aromatic carbocycles. The Bertz CT molecular complexity index is 770. The third-order valence-electron chi connectivity index (χ3n) is 2.91. The minimum Gasteiger partial charge on any atom is -0.365 e. The van der Waals surface area contributed by atoms with Crippen LogP contribution >= 0.6 is 34.5 Å². The molecule has 0 atom stereocenters. The summed E-state index contributed by atoms with van der Waals surface area (Å²) in [5.41, 5.74) is 0.981. The van der Waals surface area contributed by atoms with Gasteiger partial charge < -0.3 is 5.32 Å². The molecule has 0 aliphatic heterocycles. The summed E-state index contributed by atoms with van der Waals surface area (Å²) in [6, 6.07) is 7.57. The van der Waals surface area contributed by atoms with E-state index in [-0.39, 0.29) is 0 Å². The maximum Gasteiger partial charge on any atom is 0.138 e. The normalized spacial score (nSPS) is 10.9. The molecule has 0 radical (unpaired) electrons. The lowest BCUT2D eigenvalue weighted by atomic mass is 10.2. The predicted octanol–water partition coefficient (Wildman–Crippen LogP) is 4.92. The number of nitrogens with one attached hydrogen (secondary N) is 1. The molecule has 1 N–H and O–H groups in total. The van der Waals surface area contributed by atoms with Gasteiger partial charge in [0.1, 0.15) is 17.0 Å². The van der Waals surface area contributed by atoms with E-state index in [1.807, 2.05) is 12.1 Å². The van der Waals surface area contributed by atoms with Gasteiger partial charge in [0, 0.05) is 21.5 Å². The molecular formula is C14H11Cl2N3S. The Kier molecular flexibility index (Phi) is 3.78. The van der Waals surface area contributed by atoms with Crippen LogP contribution in [0.2, 0.25) is 10.0 Å². The second-order valence-electron chi connectivity index (χ2n) is 4.39. The maximum atomic E-state index is 6.16. The van der Waals surface area contributed by atoms with Crippen LogP contribution in [-0.4, -0.2) is 9.97 Å². The Morgan fingerprint density at radius 2 is 2.05 bits per heavy atom. The Morgan fingerprint density at radius 1 is 1.20 bits per heavy atom. The first kappa shape index (κ1) is 13.6. The number of hydrogen-bond donors (Lipinski definition) is 1. The third-order valence-corrected chi connectivity index (χ3v) is 4.46. The van der Waals surface area contributed by atoms with Gasteiger partial charge in [-0.1, -0.05) is 29.3 Å². The minimum atomic E-state index is 0.594. The molecule has 20 heavy (non-hydrogen) atoms. The lowest BCUT2D eigenvalue weighted by molar-refractivity contribution is 1.11. The van der Waals surface area contributed by atoms with E-state index in [9.17, 15) is 0 Å². The molecule has 6 heteroatoms. The highest BCUT2D eigenvalue weighted by Gasteiger charge is 2.07. The number of rotatable bonds is 3. The highest BCUT2D eigenvalue weighted by Crippen LogP contribution is 2.28. The van der Waals surface area contributed by atoms with E-state index >= 15 is 0 Å². The van der Waals surface area contributed by atoms with Crippen LogP contribution in [0.25, 0.3) is 10.2 Å². The molecule has 0 aliphatic rings. The molecule has 3 rings (SSSR count). The molecule has 0 unspecified atom stereocenters. The zero-order valence-electron chi connectivity index (χ0n) is 10.7. The molecule has 0 bridgehead atoms. The number of halogens is 2. The first-order valence-corrected chi connectivity index (χ1v) is 7.59. The number of aryl methyl sites for hydroxylation is 1. The van der Waals surface area contributed by atoms with Crippen LogP contribution in [0.5, 0.6) is 0 Å². The summed E-state index contributed by atoms with van der Waals surface area (Å²) in [5.74, 6) is 0.824. The van der Waals surface area contributed by atoms with Gasteiger partial charge in [0.05, 0.1) is 5.39 Å². The predicted molar refractivity (Wildman–Crippen MR) is 85.9 cm³/mol. The lowest BCUT2D eigenvalue weighted by Crippen LogP contribution is -2.02. The zero-order chi connectivity index (χ0) is 14.1. The fourth-order valence-corrected chi connectivity index (χ4v) is 3.28. The molecule has 0 aliphatic carbocycles. The molecule has 102 valence electrons. The van der Waals surface area contributed by atoms with Crippen molar-refractivity contribution in [2.45, 2.75) is 13.5 Å². The number of nitrogens with zero attached hydrogens (tertiary/aromatic N) is 2. The van der Waals surface area contributed by atoms with E-state index in [1.165, 1.54) is 4.88 Å². The summed E-state index contributed by atoms with van der Waals surface area (Å²) >= 11 is 13.7. The van der Waals surface area contributed by atoms with Crippen LogP contribution in [0.15, 0.2) is 30.6 Å². The highest BCUT2D eigenvalue weighted by atomic mass is 35.5. The number of thiophene rings is 1. The molecule has 0 amide bonds. The minimum absolute atomic E-state index is 0.594. The van der Waals surface area contributed by atoms with E-state index in [4.69, 9.17) is 23.2 Å². The summed E-state index contributed by atoms with van der Waals surface area (Å²) in [6.45, 7) is 2.66. The first-order chi connectivity index (χ1) is 9.63. The highest BCUT2D eigenvalue weighted by molar-refractivity contribution is 7.18. The second kappa shape index (κ2) is 5.56. The topological polar surface area (TPSA) is 37.8 Å². The molecule has 0 saturated heterocycles. The van der Waals surface area contributed by atoms with Crippen molar-refractivity contribution in [3.63, 3.8) is 0 Å². The van der Waals surface area contributed by atoms with Crippen molar-refractivity contribution < 1.29 is 0 Å². The summed E-state index contributed by atoms with van der Waals surface area (Å²) in [5, 5.41) is 5.63. The second-order valence-corrected chi connectivity index (χ2v) is 6.47. The number of fused-ring (bicyclic) bond motifs is 1. The molecule has 0 fully saturated rings. The van der Waals surface area contributed by atoms with Crippen LogP contribution in [0.3, 0.4) is 0 Å². The summed E-state index contributed by atoms with van der Waals surface area (Å²) in [6.07, 6.45) is 1.57. The fraction of sp³-hybridized carbons (Fsp3) is 0.143. The maximum absolute atomic E-state index is 6.16. The van der Waals surface area contributed by atoms with E-state index in [2.05, 4.69) is 28.3 Å². The van der Waals surface area contributed by atoms with Gasteiger partial charge in [-0.3, -0.25) is 0 Å². The molecule has 2 heterocycles. The van der Waals surface area contributed by atoms with Gasteiger partial charge in [-0.25, -0.2) is 9.97 Å². The standard InChI is InChI=1S/C14H11Cl2N3S/c1-8-4-11-13(18-7-19-14(11)20-8)17-6-9-2-3-10(15)5-12(9)16/h2-5,7H,6H2,1H3,(H,17,18,19). The Balaban J connectivity index is 1.86. The van der Waals surface area contributed by atoms with E-state index in [0.29, 0.717) is 16.6 Å². The number of anilines is 1. The van der Waals surface area contributed by atoms with Crippen molar-refractivity contribution in [2.75, 3.05) is 5.32 Å². The van der Waals surface area contributed by atoms with Gasteiger partial charge in [-0.2, -0.15) is 0 Å². The van der Waals surface area contributed by atoms with Gasteiger partial charge in [-0.05, 0) is 30.7 Å². The average molecular weight is 324 g/mol. The van der Waals surface area contributed by atoms with Crippen LogP contribution in [0, 0.1) is 6.92 Å². The average Bonchev–Trinajstić information content (AvgIpc) is 2.78. The molecule has 2 aromatic heterocycles. The van der Waals surface area contributed by atoms with Gasteiger partial charge in [0.15, 0.2) is 0 Å². The Hall–Kier alpha value is -1.36. The zero-order valence-corrected chi connectivity index (χ0v) is 13.0. The Morgan fingerprint density at radius 3 is 2.85 bits per heavy atom. The van der Waals surface area contributed by atoms with Gasteiger partial charge in [0.25, 0.3) is 0 Å². The summed E-state index contributed by atoms with van der Waals surface area (Å²) in [7, 11) is 0. The number of benzene rings is 1. The van der Waals surface area contributed by atoms with Crippen molar-refractivity contribution in [3.8, 4) is 0 Å². The molecular weight excluding hydrogens is 313 g/mol. The quantitative estimate of drug-likeness (QED) is 0.743. The van der Waals surface area contributed by atoms with Crippen molar-refractivity contribution in [3.05, 3.63) is 51.1 Å². The van der Waals surface area contributed by atoms with Crippen molar-refractivity contribution >= 4 is 50.6 Å². The Labute approximate surface area is 130 Å². The first-order valence-electron chi connectivity index (χ1n) is 6.02. The van der Waals surface area contributed by atoms with Gasteiger partial charge in [0.2, 0.25) is 0 Å². The lowest BCUT2D eigenvalue weighted by Gasteiger charge is -2.08. The van der Waals surface area contributed by atoms with Crippen LogP contribution in [-0.2, 0) is 6.54 Å². The van der Waals surface area contributed by atoms with Crippen LogP contribution in [0.1, 0.15) is 10.4 Å². The smallest absolute Gasteiger partial charge is 0.138 e. The summed E-state index contributed by atoms with van der Waals surface area (Å²) < 4.78 is 0. The van der Waals surface area contributed by atoms with Gasteiger partial charge in [-0.15, -0.1) is 11.3 Å². The fourth-order valence-electron chi connectivity index (χ4n) is 1.96. The monoisotopic (exact) mass is 323 g/mol. The summed E-state index contributed by atoms with van der Waals surface area (Å²) in [4.78, 5) is 10.8. The third kappa shape index (κ3) is 2.73. The van der Waals surface area contributed by atoms with Crippen molar-refractivity contribution in [1.29, 1.82) is 0 Å². The SMILES string of the molecule is Cc1cc2c(NCc3ccc(Cl)cc3Cl)ncnc2s1. The van der Waals surface area contributed by atoms with E-state index < -0.39 is 0 Å². The van der Waals surface area contributed by atoms with Crippen LogP contribution < -0.4 is 5.32 Å².